The molecular formula is C22H20N4O4S. The van der Waals surface area contributed by atoms with Crippen molar-refractivity contribution in [2.45, 2.75) is 32.2 Å². The summed E-state index contributed by atoms with van der Waals surface area (Å²) in [4.78, 5) is 30.1. The second-order valence-corrected chi connectivity index (χ2v) is 7.95. The lowest BCUT2D eigenvalue weighted by Crippen LogP contribution is -2.36. The molecule has 0 aliphatic carbocycles. The van der Waals surface area contributed by atoms with E-state index in [-0.39, 0.29) is 5.91 Å². The van der Waals surface area contributed by atoms with Gasteiger partial charge in [0.1, 0.15) is 5.75 Å². The molecule has 1 amide bonds. The SMILES string of the molecule is CCSc1nnc2c(n1)OC(c1ccc(OC(C)=O)cc1)N(C(C)=O)c1ccccc1-2. The molecule has 3 aromatic rings. The van der Waals surface area contributed by atoms with Crippen LogP contribution in [0.3, 0.4) is 0 Å². The molecule has 1 atom stereocenters. The molecule has 1 aliphatic heterocycles. The highest BCUT2D eigenvalue weighted by molar-refractivity contribution is 7.99. The number of amides is 1. The van der Waals surface area contributed by atoms with Gasteiger partial charge in [-0.3, -0.25) is 14.5 Å². The number of ether oxygens (including phenoxy) is 2. The van der Waals surface area contributed by atoms with Crippen LogP contribution in [0.4, 0.5) is 5.69 Å². The van der Waals surface area contributed by atoms with E-state index >= 15 is 0 Å². The first kappa shape index (κ1) is 20.8. The van der Waals surface area contributed by atoms with Crippen LogP contribution in [0.2, 0.25) is 0 Å². The normalized spacial score (nSPS) is 14.7. The molecule has 1 unspecified atom stereocenters. The molecule has 158 valence electrons. The van der Waals surface area contributed by atoms with Gasteiger partial charge in [-0.25, -0.2) is 0 Å². The van der Waals surface area contributed by atoms with Crippen molar-refractivity contribution in [2.24, 2.45) is 0 Å². The van der Waals surface area contributed by atoms with Gasteiger partial charge < -0.3 is 9.47 Å². The highest BCUT2D eigenvalue weighted by Gasteiger charge is 2.34. The molecule has 9 heteroatoms. The topological polar surface area (TPSA) is 94.5 Å². The molecule has 4 rings (SSSR count). The van der Waals surface area contributed by atoms with E-state index in [2.05, 4.69) is 15.2 Å². The largest absolute Gasteiger partial charge is 0.447 e. The summed E-state index contributed by atoms with van der Waals surface area (Å²) < 4.78 is 11.4. The van der Waals surface area contributed by atoms with Crippen LogP contribution >= 0.6 is 11.8 Å². The van der Waals surface area contributed by atoms with E-state index < -0.39 is 12.2 Å². The zero-order valence-electron chi connectivity index (χ0n) is 17.2. The molecule has 0 spiro atoms. The van der Waals surface area contributed by atoms with Crippen molar-refractivity contribution in [1.29, 1.82) is 0 Å². The standard InChI is InChI=1S/C22H20N4O4S/c1-4-31-22-23-20-19(24-25-22)17-7-5-6-8-18(17)26(13(2)27)21(30-20)15-9-11-16(12-10-15)29-14(3)28/h5-12,21H,4H2,1-3H3. The van der Waals surface area contributed by atoms with Crippen LogP contribution < -0.4 is 14.4 Å². The fourth-order valence-electron chi connectivity index (χ4n) is 3.33. The summed E-state index contributed by atoms with van der Waals surface area (Å²) in [6, 6.07) is 14.2. The molecule has 1 aliphatic rings. The third-order valence-corrected chi connectivity index (χ3v) is 5.27. The van der Waals surface area contributed by atoms with Gasteiger partial charge in [0.25, 0.3) is 0 Å². The molecule has 0 fully saturated rings. The average molecular weight is 436 g/mol. The fraction of sp³-hybridized carbons (Fsp3) is 0.227. The van der Waals surface area contributed by atoms with Gasteiger partial charge in [0.05, 0.1) is 5.69 Å². The Hall–Kier alpha value is -3.46. The number of esters is 1. The smallest absolute Gasteiger partial charge is 0.308 e. The zero-order chi connectivity index (χ0) is 22.0. The van der Waals surface area contributed by atoms with Crippen LogP contribution in [0.1, 0.15) is 32.6 Å². The Morgan fingerprint density at radius 1 is 1.10 bits per heavy atom. The first-order valence-corrected chi connectivity index (χ1v) is 10.7. The Morgan fingerprint density at radius 2 is 1.84 bits per heavy atom. The van der Waals surface area contributed by atoms with Gasteiger partial charge in [0.15, 0.2) is 5.69 Å². The Balaban J connectivity index is 1.85. The van der Waals surface area contributed by atoms with E-state index in [9.17, 15) is 9.59 Å². The van der Waals surface area contributed by atoms with Crippen LogP contribution in [0.5, 0.6) is 11.6 Å². The first-order chi connectivity index (χ1) is 15.0. The summed E-state index contributed by atoms with van der Waals surface area (Å²) >= 11 is 1.45. The van der Waals surface area contributed by atoms with Gasteiger partial charge in [-0.05, 0) is 36.1 Å². The van der Waals surface area contributed by atoms with Gasteiger partial charge in [-0.2, -0.15) is 4.98 Å². The number of aromatic nitrogens is 3. The Morgan fingerprint density at radius 3 is 2.52 bits per heavy atom. The predicted molar refractivity (Wildman–Crippen MR) is 116 cm³/mol. The molecule has 31 heavy (non-hydrogen) atoms. The summed E-state index contributed by atoms with van der Waals surface area (Å²) in [6.45, 7) is 4.82. The second-order valence-electron chi connectivity index (χ2n) is 6.72. The van der Waals surface area contributed by atoms with Crippen molar-refractivity contribution in [2.75, 3.05) is 10.7 Å². The van der Waals surface area contributed by atoms with Crippen molar-refractivity contribution in [3.63, 3.8) is 0 Å². The summed E-state index contributed by atoms with van der Waals surface area (Å²) in [7, 11) is 0. The van der Waals surface area contributed by atoms with Gasteiger partial charge in [0.2, 0.25) is 23.2 Å². The minimum atomic E-state index is -0.789. The summed E-state index contributed by atoms with van der Waals surface area (Å²) in [5.41, 5.74) is 2.52. The predicted octanol–water partition coefficient (Wildman–Crippen LogP) is 4.02. The fourth-order valence-corrected chi connectivity index (χ4v) is 3.83. The number of carbonyl (C=O) groups excluding carboxylic acids is 2. The van der Waals surface area contributed by atoms with E-state index in [0.717, 1.165) is 5.75 Å². The number of hydrogen-bond acceptors (Lipinski definition) is 8. The van der Waals surface area contributed by atoms with Gasteiger partial charge in [-0.1, -0.05) is 36.9 Å². The van der Waals surface area contributed by atoms with E-state index in [1.165, 1.54) is 25.6 Å². The van der Waals surface area contributed by atoms with Crippen molar-refractivity contribution in [3.8, 4) is 22.9 Å². The Kier molecular flexibility index (Phi) is 5.85. The van der Waals surface area contributed by atoms with E-state index in [0.29, 0.717) is 39.3 Å². The molecule has 8 nitrogen and oxygen atoms in total. The lowest BCUT2D eigenvalue weighted by molar-refractivity contribution is -0.131. The van der Waals surface area contributed by atoms with Crippen molar-refractivity contribution in [1.82, 2.24) is 15.2 Å². The lowest BCUT2D eigenvalue weighted by Gasteiger charge is -2.29. The number of benzene rings is 2. The Bertz CT molecular complexity index is 1140. The number of anilines is 1. The quantitative estimate of drug-likeness (QED) is 0.344. The highest BCUT2D eigenvalue weighted by atomic mass is 32.2. The van der Waals surface area contributed by atoms with Gasteiger partial charge in [0, 0.05) is 25.0 Å². The number of fused-ring (bicyclic) bond motifs is 3. The van der Waals surface area contributed by atoms with E-state index in [4.69, 9.17) is 9.47 Å². The van der Waals surface area contributed by atoms with Crippen LogP contribution in [-0.4, -0.2) is 32.8 Å². The molecule has 0 N–H and O–H groups in total. The zero-order valence-corrected chi connectivity index (χ0v) is 18.0. The number of rotatable bonds is 4. The van der Waals surface area contributed by atoms with Crippen molar-refractivity contribution < 1.29 is 19.1 Å². The second kappa shape index (κ2) is 8.73. The number of carbonyl (C=O) groups is 2. The van der Waals surface area contributed by atoms with E-state index in [1.807, 2.05) is 31.2 Å². The maximum Gasteiger partial charge on any atom is 0.308 e. The maximum absolute atomic E-state index is 12.7. The molecule has 2 aromatic carbocycles. The number of nitrogens with zero attached hydrogens (tertiary/aromatic N) is 4. The minimum Gasteiger partial charge on any atom is -0.447 e. The summed E-state index contributed by atoms with van der Waals surface area (Å²) in [5.74, 6) is 0.889. The third-order valence-electron chi connectivity index (χ3n) is 4.55. The molecule has 0 bridgehead atoms. The molecule has 0 radical (unpaired) electrons. The lowest BCUT2D eigenvalue weighted by atomic mass is 10.1. The van der Waals surface area contributed by atoms with E-state index in [1.54, 1.807) is 29.2 Å². The summed E-state index contributed by atoms with van der Waals surface area (Å²) in [6.07, 6.45) is -0.789. The van der Waals surface area contributed by atoms with Crippen LogP contribution in [0, 0.1) is 0 Å². The van der Waals surface area contributed by atoms with Gasteiger partial charge in [-0.15, -0.1) is 10.2 Å². The van der Waals surface area contributed by atoms with Crippen LogP contribution in [-0.2, 0) is 9.59 Å². The Labute approximate surface area is 183 Å². The van der Waals surface area contributed by atoms with Crippen LogP contribution in [0.15, 0.2) is 53.7 Å². The molecule has 0 saturated carbocycles. The first-order valence-electron chi connectivity index (χ1n) is 9.69. The van der Waals surface area contributed by atoms with Gasteiger partial charge >= 0.3 is 5.97 Å². The molecule has 2 heterocycles. The number of hydrogen-bond donors (Lipinski definition) is 0. The molecular weight excluding hydrogens is 416 g/mol. The summed E-state index contributed by atoms with van der Waals surface area (Å²) in [5, 5.41) is 9.05. The minimum absolute atomic E-state index is 0.203. The third kappa shape index (κ3) is 4.22. The monoisotopic (exact) mass is 436 g/mol. The van der Waals surface area contributed by atoms with Crippen molar-refractivity contribution in [3.05, 3.63) is 54.1 Å². The number of thioether (sulfide) groups is 1. The average Bonchev–Trinajstić information content (AvgIpc) is 2.88. The number of para-hydroxylation sites is 1. The maximum atomic E-state index is 12.7. The van der Waals surface area contributed by atoms with Crippen molar-refractivity contribution >= 4 is 29.3 Å². The highest BCUT2D eigenvalue weighted by Crippen LogP contribution is 2.43. The molecule has 0 saturated heterocycles. The molecule has 1 aromatic heterocycles. The van der Waals surface area contributed by atoms with Crippen LogP contribution in [0.25, 0.3) is 11.3 Å².